The normalized spacial score (nSPS) is 16.5. The minimum Gasteiger partial charge on any atom is -0.372 e. The van der Waals surface area contributed by atoms with Gasteiger partial charge in [0.05, 0.1) is 4.47 Å². The van der Waals surface area contributed by atoms with Gasteiger partial charge in [-0.3, -0.25) is 0 Å². The fourth-order valence-corrected chi connectivity index (χ4v) is 2.17. The van der Waals surface area contributed by atoms with Crippen molar-refractivity contribution in [3.05, 3.63) is 10.7 Å². The van der Waals surface area contributed by atoms with Crippen LogP contribution < -0.4 is 10.2 Å². The van der Waals surface area contributed by atoms with Crippen molar-refractivity contribution in [2.45, 2.75) is 19.3 Å². The molecule has 0 saturated carbocycles. The first-order chi connectivity index (χ1) is 7.31. The van der Waals surface area contributed by atoms with E-state index in [9.17, 15) is 0 Å². The molecule has 4 nitrogen and oxygen atoms in total. The summed E-state index contributed by atoms with van der Waals surface area (Å²) in [6.45, 7) is 2.15. The molecule has 1 aliphatic heterocycles. The first-order valence-corrected chi connectivity index (χ1v) is 6.06. The Bertz CT molecular complexity index is 336. The van der Waals surface area contributed by atoms with E-state index >= 15 is 0 Å². The van der Waals surface area contributed by atoms with E-state index in [1.54, 1.807) is 0 Å². The summed E-state index contributed by atoms with van der Waals surface area (Å²) in [5.74, 6) is 1.69. The van der Waals surface area contributed by atoms with Crippen molar-refractivity contribution in [3.8, 4) is 0 Å². The average molecular weight is 271 g/mol. The number of hydrogen-bond donors (Lipinski definition) is 1. The van der Waals surface area contributed by atoms with Crippen LogP contribution in [0.4, 0.5) is 11.8 Å². The molecule has 1 aliphatic rings. The molecule has 1 saturated heterocycles. The maximum atomic E-state index is 4.47. The van der Waals surface area contributed by atoms with Gasteiger partial charge in [0, 0.05) is 26.3 Å². The summed E-state index contributed by atoms with van der Waals surface area (Å²) in [6.07, 6.45) is 5.62. The van der Waals surface area contributed by atoms with Gasteiger partial charge in [-0.25, -0.2) is 4.98 Å². The average Bonchev–Trinajstić information content (AvgIpc) is 2.31. The second-order valence-corrected chi connectivity index (χ2v) is 4.52. The zero-order valence-electron chi connectivity index (χ0n) is 8.83. The van der Waals surface area contributed by atoms with Crippen LogP contribution in [-0.4, -0.2) is 30.1 Å². The van der Waals surface area contributed by atoms with Crippen LogP contribution in [0.3, 0.4) is 0 Å². The first kappa shape index (κ1) is 10.7. The van der Waals surface area contributed by atoms with Crippen LogP contribution in [0.1, 0.15) is 19.3 Å². The predicted molar refractivity (Wildman–Crippen MR) is 65.3 cm³/mol. The third-order valence-electron chi connectivity index (χ3n) is 2.61. The van der Waals surface area contributed by atoms with Gasteiger partial charge in [0.1, 0.15) is 5.82 Å². The lowest BCUT2D eigenvalue weighted by molar-refractivity contribution is 0.568. The second-order valence-electron chi connectivity index (χ2n) is 3.66. The predicted octanol–water partition coefficient (Wildman–Crippen LogP) is 2.27. The smallest absolute Gasteiger partial charge is 0.227 e. The van der Waals surface area contributed by atoms with Gasteiger partial charge >= 0.3 is 0 Å². The maximum Gasteiger partial charge on any atom is 0.227 e. The van der Waals surface area contributed by atoms with Crippen LogP contribution in [-0.2, 0) is 0 Å². The molecule has 0 bridgehead atoms. The van der Waals surface area contributed by atoms with Gasteiger partial charge in [-0.1, -0.05) is 0 Å². The van der Waals surface area contributed by atoms with E-state index in [0.29, 0.717) is 0 Å². The third kappa shape index (κ3) is 2.40. The van der Waals surface area contributed by atoms with Crippen molar-refractivity contribution in [1.82, 2.24) is 9.97 Å². The van der Waals surface area contributed by atoms with Crippen molar-refractivity contribution < 1.29 is 0 Å². The van der Waals surface area contributed by atoms with Gasteiger partial charge in [0.15, 0.2) is 0 Å². The summed E-state index contributed by atoms with van der Waals surface area (Å²) >= 11 is 3.41. The fourth-order valence-electron chi connectivity index (χ4n) is 1.78. The second kappa shape index (κ2) is 4.79. The van der Waals surface area contributed by atoms with Crippen LogP contribution in [0.5, 0.6) is 0 Å². The molecular weight excluding hydrogens is 256 g/mol. The molecule has 1 aromatic heterocycles. The van der Waals surface area contributed by atoms with E-state index in [-0.39, 0.29) is 0 Å². The number of nitrogens with zero attached hydrogens (tertiary/aromatic N) is 3. The Balaban J connectivity index is 2.20. The molecule has 15 heavy (non-hydrogen) atoms. The van der Waals surface area contributed by atoms with Crippen molar-refractivity contribution in [2.24, 2.45) is 0 Å². The van der Waals surface area contributed by atoms with Crippen molar-refractivity contribution >= 4 is 27.7 Å². The van der Waals surface area contributed by atoms with Gasteiger partial charge in [-0.15, -0.1) is 0 Å². The van der Waals surface area contributed by atoms with Crippen molar-refractivity contribution in [1.29, 1.82) is 0 Å². The Morgan fingerprint density at radius 1 is 1.33 bits per heavy atom. The molecule has 0 aliphatic carbocycles. The van der Waals surface area contributed by atoms with E-state index in [0.717, 1.165) is 29.3 Å². The Morgan fingerprint density at radius 3 is 2.73 bits per heavy atom. The molecular formula is C10H15BrN4. The molecule has 0 unspecified atom stereocenters. The summed E-state index contributed by atoms with van der Waals surface area (Å²) in [5.41, 5.74) is 0. The van der Waals surface area contributed by atoms with Crippen LogP contribution in [0.15, 0.2) is 10.7 Å². The van der Waals surface area contributed by atoms with Gasteiger partial charge < -0.3 is 10.2 Å². The van der Waals surface area contributed by atoms with Gasteiger partial charge in [-0.05, 0) is 35.2 Å². The minimum absolute atomic E-state index is 0.835. The molecule has 0 aromatic carbocycles. The number of piperidine rings is 1. The number of rotatable bonds is 2. The van der Waals surface area contributed by atoms with E-state index in [1.807, 2.05) is 13.2 Å². The first-order valence-electron chi connectivity index (χ1n) is 5.26. The molecule has 1 N–H and O–H groups in total. The summed E-state index contributed by atoms with van der Waals surface area (Å²) in [7, 11) is 1.87. The lowest BCUT2D eigenvalue weighted by Gasteiger charge is -2.26. The lowest BCUT2D eigenvalue weighted by atomic mass is 10.1. The summed E-state index contributed by atoms with van der Waals surface area (Å²) in [6, 6.07) is 0. The largest absolute Gasteiger partial charge is 0.372 e. The quantitative estimate of drug-likeness (QED) is 0.895. The molecule has 1 aromatic rings. The van der Waals surface area contributed by atoms with E-state index < -0.39 is 0 Å². The Hall–Kier alpha value is -0.840. The molecule has 0 atom stereocenters. The number of halogens is 1. The highest BCUT2D eigenvalue weighted by Crippen LogP contribution is 2.22. The molecule has 5 heteroatoms. The summed E-state index contributed by atoms with van der Waals surface area (Å²) < 4.78 is 0.908. The highest BCUT2D eigenvalue weighted by Gasteiger charge is 2.14. The molecule has 0 amide bonds. The Kier molecular flexibility index (Phi) is 3.41. The molecule has 0 radical (unpaired) electrons. The third-order valence-corrected chi connectivity index (χ3v) is 3.19. The van der Waals surface area contributed by atoms with Crippen molar-refractivity contribution in [2.75, 3.05) is 30.4 Å². The van der Waals surface area contributed by atoms with Gasteiger partial charge in [0.2, 0.25) is 5.95 Å². The SMILES string of the molecule is CNc1nc(N2CCCCC2)ncc1Br. The molecule has 82 valence electrons. The number of aromatic nitrogens is 2. The van der Waals surface area contributed by atoms with Crippen molar-refractivity contribution in [3.63, 3.8) is 0 Å². The maximum absolute atomic E-state index is 4.47. The van der Waals surface area contributed by atoms with E-state index in [2.05, 4.69) is 36.1 Å². The lowest BCUT2D eigenvalue weighted by Crippen LogP contribution is -2.31. The number of hydrogen-bond acceptors (Lipinski definition) is 4. The number of nitrogens with one attached hydrogen (secondary N) is 1. The van der Waals surface area contributed by atoms with Crippen LogP contribution in [0.2, 0.25) is 0 Å². The zero-order valence-corrected chi connectivity index (χ0v) is 10.4. The molecule has 1 fully saturated rings. The Labute approximate surface area is 98.2 Å². The zero-order chi connectivity index (χ0) is 10.7. The summed E-state index contributed by atoms with van der Waals surface area (Å²) in [4.78, 5) is 11.1. The molecule has 0 spiro atoms. The highest BCUT2D eigenvalue weighted by atomic mass is 79.9. The summed E-state index contributed by atoms with van der Waals surface area (Å²) in [5, 5.41) is 3.05. The monoisotopic (exact) mass is 270 g/mol. The van der Waals surface area contributed by atoms with Crippen LogP contribution in [0, 0.1) is 0 Å². The molecule has 2 rings (SSSR count). The van der Waals surface area contributed by atoms with Gasteiger partial charge in [-0.2, -0.15) is 4.98 Å². The number of anilines is 2. The van der Waals surface area contributed by atoms with Gasteiger partial charge in [0.25, 0.3) is 0 Å². The fraction of sp³-hybridized carbons (Fsp3) is 0.600. The highest BCUT2D eigenvalue weighted by molar-refractivity contribution is 9.10. The van der Waals surface area contributed by atoms with Crippen LogP contribution >= 0.6 is 15.9 Å². The van der Waals surface area contributed by atoms with E-state index in [4.69, 9.17) is 0 Å². The van der Waals surface area contributed by atoms with E-state index in [1.165, 1.54) is 19.3 Å². The molecule has 2 heterocycles. The van der Waals surface area contributed by atoms with Crippen LogP contribution in [0.25, 0.3) is 0 Å². The Morgan fingerprint density at radius 2 is 2.07 bits per heavy atom. The minimum atomic E-state index is 0.835. The topological polar surface area (TPSA) is 41.1 Å². The standard InChI is InChI=1S/C10H15BrN4/c1-12-9-8(11)7-13-10(14-9)15-5-3-2-4-6-15/h7H,2-6H2,1H3,(H,12,13,14).